The largest absolute Gasteiger partial charge is 0.472 e. The van der Waals surface area contributed by atoms with Crippen LogP contribution in [-0.4, -0.2) is 95.9 Å². The Kier molecular flexibility index (Phi) is 84.1. The Labute approximate surface area is 691 Å². The van der Waals surface area contributed by atoms with E-state index < -0.39 is 91.5 Å². The average Bonchev–Trinajstić information content (AvgIpc) is 0.904. The number of unbranched alkanes of at least 4 members (excludes halogenated alkanes) is 44. The van der Waals surface area contributed by atoms with Crippen LogP contribution in [0.5, 0.6) is 0 Å². The average molecular weight is 1630 g/mol. The molecule has 0 aromatic rings. The molecule has 0 aliphatic carbocycles. The summed E-state index contributed by atoms with van der Waals surface area (Å²) in [5.41, 5.74) is 0. The monoisotopic (exact) mass is 1630 g/mol. The van der Waals surface area contributed by atoms with E-state index in [1.807, 2.05) is 0 Å². The lowest BCUT2D eigenvalue weighted by Gasteiger charge is -2.21. The van der Waals surface area contributed by atoms with Gasteiger partial charge in [-0.15, -0.1) is 0 Å². The molecule has 0 saturated heterocycles. The van der Waals surface area contributed by atoms with Crippen LogP contribution in [0, 0.1) is 0 Å². The van der Waals surface area contributed by atoms with Crippen LogP contribution >= 0.6 is 15.6 Å². The lowest BCUT2D eigenvalue weighted by molar-refractivity contribution is -0.161. The van der Waals surface area contributed by atoms with Crippen molar-refractivity contribution in [1.82, 2.24) is 0 Å². The van der Waals surface area contributed by atoms with Gasteiger partial charge in [-0.1, -0.05) is 367 Å². The first kappa shape index (κ1) is 109. The van der Waals surface area contributed by atoms with Crippen molar-refractivity contribution in [2.45, 2.75) is 424 Å². The van der Waals surface area contributed by atoms with E-state index in [1.54, 1.807) is 0 Å². The van der Waals surface area contributed by atoms with Crippen molar-refractivity contribution < 1.29 is 75.8 Å². The van der Waals surface area contributed by atoms with Gasteiger partial charge >= 0.3 is 33.6 Å². The van der Waals surface area contributed by atoms with Crippen molar-refractivity contribution in [2.24, 2.45) is 0 Å². The number of carbonyl (C=O) groups excluding carboxylic acids is 3. The topological polar surface area (TPSA) is 231 Å². The number of aliphatic hydroxyl groups excluding tert-OH is 2. The number of ether oxygens (including phenoxy) is 3. The third kappa shape index (κ3) is 88.6. The van der Waals surface area contributed by atoms with Crippen molar-refractivity contribution in [3.05, 3.63) is 122 Å². The summed E-state index contributed by atoms with van der Waals surface area (Å²) in [6.07, 6.45) is 107. The number of hydrogen-bond acceptors (Lipinski definition) is 14. The Bertz CT molecular complexity index is 2540. The van der Waals surface area contributed by atoms with Gasteiger partial charge in [0.1, 0.15) is 25.4 Å². The minimum absolute atomic E-state index is 0.0878. The van der Waals surface area contributed by atoms with Gasteiger partial charge in [-0.3, -0.25) is 32.5 Å². The number of aliphatic hydroxyl groups is 2. The molecule has 0 bridgehead atoms. The van der Waals surface area contributed by atoms with Crippen molar-refractivity contribution in [3.8, 4) is 0 Å². The molecule has 0 rings (SSSR count). The number of phosphoric acid groups is 2. The molecule has 18 heteroatoms. The fourth-order valence-corrected chi connectivity index (χ4v) is 14.2. The number of esters is 3. The van der Waals surface area contributed by atoms with Crippen LogP contribution in [0.4, 0.5) is 0 Å². The van der Waals surface area contributed by atoms with E-state index in [-0.39, 0.29) is 19.3 Å². The third-order valence-corrected chi connectivity index (χ3v) is 21.5. The second kappa shape index (κ2) is 87.3. The molecular formula is C95H168O16P2. The molecule has 5 unspecified atom stereocenters. The predicted octanol–water partition coefficient (Wildman–Crippen LogP) is 28.0. The summed E-state index contributed by atoms with van der Waals surface area (Å²) in [5.74, 6) is -1.58. The normalized spacial score (nSPS) is 14.4. The van der Waals surface area contributed by atoms with Gasteiger partial charge in [0.2, 0.25) is 0 Å². The second-order valence-electron chi connectivity index (χ2n) is 30.7. The molecule has 0 spiro atoms. The minimum atomic E-state index is -4.94. The number of carbonyl (C=O) groups is 3. The number of hydrogen-bond donors (Lipinski definition) is 4. The zero-order valence-electron chi connectivity index (χ0n) is 72.0. The summed E-state index contributed by atoms with van der Waals surface area (Å²) in [4.78, 5) is 58.9. The maximum absolute atomic E-state index is 13.0. The standard InChI is InChI=1S/C95H168O16P2/c1-4-7-10-13-16-19-22-25-28-30-32-34-36-38-40-41-42-43-44-45-46-47-49-51-52-54-56-58-61-63-66-69-72-75-78-81-93(98)105-84-90(96)85-107-112(101,102)108-86-91(97)87-109-113(103,104)110-89-92(111-95(100)83-80-77-74-71-68-65-60-27-24-21-18-15-12-9-6-3)88-106-94(99)82-79-76-73-70-67-64-62-59-57-55-53-50-48-39-37-35-33-31-29-26-23-20-17-14-11-8-5-2/h16-21,25-29,32-35,38-40,48,60,90-92,96-97H,4-15,22-24,30-31,36-37,41-47,49-59,61-89H2,1-3H3,(H,101,102)(H,103,104)/b19-16-,20-17-,21-18-,28-25-,29-26-,34-32-,35-33-,40-38-,48-39-,60-27-. The van der Waals surface area contributed by atoms with E-state index in [0.29, 0.717) is 19.3 Å². The van der Waals surface area contributed by atoms with Crippen LogP contribution in [-0.2, 0) is 55.8 Å². The highest BCUT2D eigenvalue weighted by atomic mass is 31.2. The molecular weight excluding hydrogens is 1460 g/mol. The Balaban J connectivity index is 4.42. The third-order valence-electron chi connectivity index (χ3n) is 19.6. The maximum atomic E-state index is 13.0. The predicted molar refractivity (Wildman–Crippen MR) is 473 cm³/mol. The lowest BCUT2D eigenvalue weighted by atomic mass is 10.0. The summed E-state index contributed by atoms with van der Waals surface area (Å²) >= 11 is 0. The van der Waals surface area contributed by atoms with Gasteiger partial charge in [-0.25, -0.2) is 9.13 Å². The quantitative estimate of drug-likeness (QED) is 0.0146. The molecule has 0 amide bonds. The van der Waals surface area contributed by atoms with Crippen molar-refractivity contribution in [1.29, 1.82) is 0 Å². The Hall–Kier alpha value is -4.05. The molecule has 0 aromatic carbocycles. The van der Waals surface area contributed by atoms with Gasteiger partial charge in [0, 0.05) is 19.3 Å². The van der Waals surface area contributed by atoms with Crippen molar-refractivity contribution >= 4 is 33.6 Å². The molecule has 4 N–H and O–H groups in total. The zero-order valence-corrected chi connectivity index (χ0v) is 73.8. The van der Waals surface area contributed by atoms with Crippen molar-refractivity contribution in [2.75, 3.05) is 39.6 Å². The highest BCUT2D eigenvalue weighted by Crippen LogP contribution is 2.45. The first-order valence-electron chi connectivity index (χ1n) is 45.8. The van der Waals surface area contributed by atoms with Gasteiger partial charge in [0.05, 0.1) is 26.4 Å². The van der Waals surface area contributed by atoms with E-state index >= 15 is 0 Å². The molecule has 16 nitrogen and oxygen atoms in total. The van der Waals surface area contributed by atoms with E-state index in [9.17, 15) is 43.5 Å². The first-order valence-corrected chi connectivity index (χ1v) is 48.8. The summed E-state index contributed by atoms with van der Waals surface area (Å²) in [5, 5.41) is 20.7. The first-order chi connectivity index (χ1) is 55.2. The van der Waals surface area contributed by atoms with Crippen LogP contribution in [0.1, 0.15) is 406 Å². The van der Waals surface area contributed by atoms with Gasteiger partial charge in [-0.05, 0) is 141 Å². The number of allylic oxidation sites excluding steroid dienone is 20. The Morgan fingerprint density at radius 1 is 0.248 bits per heavy atom. The van der Waals surface area contributed by atoms with E-state index in [0.717, 1.165) is 135 Å². The Morgan fingerprint density at radius 3 is 0.699 bits per heavy atom. The molecule has 113 heavy (non-hydrogen) atoms. The molecule has 0 aliphatic heterocycles. The molecule has 0 aliphatic rings. The van der Waals surface area contributed by atoms with Crippen LogP contribution < -0.4 is 0 Å². The highest BCUT2D eigenvalue weighted by Gasteiger charge is 2.29. The van der Waals surface area contributed by atoms with Crippen LogP contribution in [0.3, 0.4) is 0 Å². The Morgan fingerprint density at radius 2 is 0.442 bits per heavy atom. The van der Waals surface area contributed by atoms with Crippen LogP contribution in [0.25, 0.3) is 0 Å². The summed E-state index contributed by atoms with van der Waals surface area (Å²) in [6, 6.07) is 0. The second-order valence-corrected chi connectivity index (χ2v) is 33.7. The number of rotatable bonds is 87. The highest BCUT2D eigenvalue weighted by molar-refractivity contribution is 7.47. The minimum Gasteiger partial charge on any atom is -0.463 e. The zero-order chi connectivity index (χ0) is 82.2. The van der Waals surface area contributed by atoms with Gasteiger partial charge in [0.25, 0.3) is 0 Å². The van der Waals surface area contributed by atoms with Gasteiger partial charge in [0.15, 0.2) is 6.10 Å². The van der Waals surface area contributed by atoms with Gasteiger partial charge in [-0.2, -0.15) is 0 Å². The number of phosphoric ester groups is 2. The fourth-order valence-electron chi connectivity index (χ4n) is 12.6. The van der Waals surface area contributed by atoms with Crippen molar-refractivity contribution in [3.63, 3.8) is 0 Å². The fraction of sp³-hybridized carbons (Fsp3) is 0.758. The molecule has 0 heterocycles. The van der Waals surface area contributed by atoms with Crippen LogP contribution in [0.2, 0.25) is 0 Å². The molecule has 0 aromatic heterocycles. The molecule has 5 atom stereocenters. The molecule has 0 fully saturated rings. The summed E-state index contributed by atoms with van der Waals surface area (Å²) in [7, 11) is -9.80. The van der Waals surface area contributed by atoms with E-state index in [4.69, 9.17) is 32.3 Å². The lowest BCUT2D eigenvalue weighted by Crippen LogP contribution is -2.30. The smallest absolute Gasteiger partial charge is 0.463 e. The summed E-state index contributed by atoms with van der Waals surface area (Å²) < 4.78 is 61.4. The van der Waals surface area contributed by atoms with Gasteiger partial charge < -0.3 is 34.2 Å². The van der Waals surface area contributed by atoms with Crippen LogP contribution in [0.15, 0.2) is 122 Å². The summed E-state index contributed by atoms with van der Waals surface area (Å²) in [6.45, 7) is 2.64. The molecule has 0 saturated carbocycles. The van der Waals surface area contributed by atoms with E-state index in [2.05, 4.69) is 142 Å². The van der Waals surface area contributed by atoms with E-state index in [1.165, 1.54) is 212 Å². The SMILES string of the molecule is CCCCC/C=C\C/C=C\C/C=C\C/C=C\CCCCCCCCCCCCCCCCCCCCCC(=O)OCC(O)COP(=O)(O)OCC(O)COP(=O)(O)OCC(COC(=O)CCCCCCCCCCCCC/C=C\C/C=C\C/C=C\C/C=C\CCCCC)OC(=O)CCCCCCC/C=C\C/C=C\CCCCC. The molecule has 654 valence electrons. The maximum Gasteiger partial charge on any atom is 0.472 e. The molecule has 0 radical (unpaired) electrons.